The van der Waals surface area contributed by atoms with E-state index >= 15 is 0 Å². The SMILES string of the molecule is CC(C)(C)NC(=O)N1Cc2ccccc2CC1[C@H](O)[C@@H](O)C1Cc2ccccc2CN1C(=O)NC(C)(C)C. The van der Waals surface area contributed by atoms with Gasteiger partial charge in [0, 0.05) is 24.2 Å². The Balaban J connectivity index is 1.65. The second kappa shape index (κ2) is 10.6. The van der Waals surface area contributed by atoms with Crippen molar-refractivity contribution in [2.75, 3.05) is 0 Å². The molecule has 0 spiro atoms. The van der Waals surface area contributed by atoms with Gasteiger partial charge in [-0.2, -0.15) is 0 Å². The van der Waals surface area contributed by atoms with E-state index in [0.29, 0.717) is 25.9 Å². The van der Waals surface area contributed by atoms with Gasteiger partial charge in [0.05, 0.1) is 12.1 Å². The molecule has 2 aromatic carbocycles. The first-order chi connectivity index (χ1) is 17.7. The molecule has 4 N–H and O–H groups in total. The minimum atomic E-state index is -1.27. The highest BCUT2D eigenvalue weighted by Gasteiger charge is 2.44. The van der Waals surface area contributed by atoms with Crippen molar-refractivity contribution in [3.05, 3.63) is 70.8 Å². The van der Waals surface area contributed by atoms with Crippen molar-refractivity contribution >= 4 is 12.1 Å². The first kappa shape index (κ1) is 27.9. The van der Waals surface area contributed by atoms with Crippen molar-refractivity contribution in [3.63, 3.8) is 0 Å². The number of amides is 4. The number of benzene rings is 2. The fourth-order valence-electron chi connectivity index (χ4n) is 5.39. The number of carbonyl (C=O) groups is 2. The number of hydrogen-bond acceptors (Lipinski definition) is 4. The molecule has 4 rings (SSSR count). The maximum absolute atomic E-state index is 13.4. The Labute approximate surface area is 226 Å². The standard InChI is InChI=1S/C30H42N4O4/c1-29(2,3)31-27(37)33-17-21-13-9-7-11-19(21)15-23(33)25(35)26(36)24-16-20-12-8-10-14-22(20)18-34(24)28(38)32-30(4,5)6/h7-14,23-26,35-36H,15-18H2,1-6H3,(H,31,37)(H,32,38)/t23?,24?,25-,26-/m0/s1. The molecule has 4 atom stereocenters. The van der Waals surface area contributed by atoms with Crippen LogP contribution < -0.4 is 10.6 Å². The lowest BCUT2D eigenvalue weighted by atomic mass is 9.84. The maximum atomic E-state index is 13.4. The Morgan fingerprint density at radius 1 is 0.684 bits per heavy atom. The summed E-state index contributed by atoms with van der Waals surface area (Å²) < 4.78 is 0. The Morgan fingerprint density at radius 2 is 1.00 bits per heavy atom. The van der Waals surface area contributed by atoms with Crippen LogP contribution in [-0.4, -0.2) is 67.4 Å². The van der Waals surface area contributed by atoms with Crippen LogP contribution in [0.5, 0.6) is 0 Å². The van der Waals surface area contributed by atoms with Gasteiger partial charge in [0.2, 0.25) is 0 Å². The maximum Gasteiger partial charge on any atom is 0.318 e. The van der Waals surface area contributed by atoms with Crippen LogP contribution in [0.2, 0.25) is 0 Å². The fraction of sp³-hybridized carbons (Fsp3) is 0.533. The zero-order valence-electron chi connectivity index (χ0n) is 23.4. The van der Waals surface area contributed by atoms with E-state index in [0.717, 1.165) is 22.3 Å². The third-order valence-electron chi connectivity index (χ3n) is 7.20. The molecule has 0 aliphatic carbocycles. The van der Waals surface area contributed by atoms with E-state index in [1.165, 1.54) is 0 Å². The van der Waals surface area contributed by atoms with E-state index in [1.807, 2.05) is 90.1 Å². The number of carbonyl (C=O) groups excluding carboxylic acids is 2. The molecule has 2 unspecified atom stereocenters. The molecule has 2 aromatic rings. The van der Waals surface area contributed by atoms with E-state index in [2.05, 4.69) is 10.6 Å². The number of fused-ring (bicyclic) bond motifs is 2. The summed E-state index contributed by atoms with van der Waals surface area (Å²) in [7, 11) is 0. The highest BCUT2D eigenvalue weighted by atomic mass is 16.3. The second-order valence-corrected chi connectivity index (χ2v) is 12.7. The summed E-state index contributed by atoms with van der Waals surface area (Å²) in [6.07, 6.45) is -1.73. The number of rotatable bonds is 3. The Bertz CT molecular complexity index is 1080. The van der Waals surface area contributed by atoms with Crippen molar-refractivity contribution in [1.82, 2.24) is 20.4 Å². The smallest absolute Gasteiger partial charge is 0.318 e. The Morgan fingerprint density at radius 3 is 1.32 bits per heavy atom. The highest BCUT2D eigenvalue weighted by molar-refractivity contribution is 5.76. The lowest BCUT2D eigenvalue weighted by molar-refractivity contribution is -0.0684. The predicted octanol–water partition coefficient (Wildman–Crippen LogP) is 3.58. The van der Waals surface area contributed by atoms with Gasteiger partial charge in [-0.1, -0.05) is 48.5 Å². The van der Waals surface area contributed by atoms with Crippen LogP contribution in [0, 0.1) is 0 Å². The quantitative estimate of drug-likeness (QED) is 0.495. The van der Waals surface area contributed by atoms with Crippen molar-refractivity contribution in [3.8, 4) is 0 Å². The molecule has 0 aromatic heterocycles. The van der Waals surface area contributed by atoms with Gasteiger partial charge >= 0.3 is 12.1 Å². The number of nitrogens with zero attached hydrogens (tertiary/aromatic N) is 2. The van der Waals surface area contributed by atoms with Crippen LogP contribution in [0.25, 0.3) is 0 Å². The molecule has 2 aliphatic rings. The van der Waals surface area contributed by atoms with Gasteiger partial charge in [0.25, 0.3) is 0 Å². The largest absolute Gasteiger partial charge is 0.388 e. The predicted molar refractivity (Wildman–Crippen MR) is 148 cm³/mol. The summed E-state index contributed by atoms with van der Waals surface area (Å²) in [5, 5.41) is 29.4. The van der Waals surface area contributed by atoms with E-state index in [1.54, 1.807) is 9.80 Å². The van der Waals surface area contributed by atoms with Gasteiger partial charge < -0.3 is 30.6 Å². The molecule has 2 heterocycles. The lowest BCUT2D eigenvalue weighted by Crippen LogP contribution is -2.63. The summed E-state index contributed by atoms with van der Waals surface area (Å²) in [5.41, 5.74) is 3.20. The van der Waals surface area contributed by atoms with Crippen molar-refractivity contribution in [2.45, 2.75) is 103 Å². The average Bonchev–Trinajstić information content (AvgIpc) is 2.84. The number of hydrogen-bond donors (Lipinski definition) is 4. The molecular weight excluding hydrogens is 480 g/mol. The molecule has 0 bridgehead atoms. The van der Waals surface area contributed by atoms with Crippen LogP contribution in [0.1, 0.15) is 63.8 Å². The molecule has 0 saturated carbocycles. The number of urea groups is 2. The Kier molecular flexibility index (Phi) is 7.77. The van der Waals surface area contributed by atoms with E-state index in [-0.39, 0.29) is 12.1 Å². The lowest BCUT2D eigenvalue weighted by Gasteiger charge is -2.46. The summed E-state index contributed by atoms with van der Waals surface area (Å²) in [5.74, 6) is 0. The van der Waals surface area contributed by atoms with Gasteiger partial charge in [0.1, 0.15) is 12.2 Å². The van der Waals surface area contributed by atoms with Gasteiger partial charge in [-0.15, -0.1) is 0 Å². The first-order valence-corrected chi connectivity index (χ1v) is 13.4. The molecule has 38 heavy (non-hydrogen) atoms. The average molecular weight is 523 g/mol. The molecule has 206 valence electrons. The second-order valence-electron chi connectivity index (χ2n) is 12.7. The first-order valence-electron chi connectivity index (χ1n) is 13.4. The van der Waals surface area contributed by atoms with Crippen LogP contribution in [0.4, 0.5) is 9.59 Å². The number of nitrogens with one attached hydrogen (secondary N) is 2. The molecule has 2 aliphatic heterocycles. The van der Waals surface area contributed by atoms with E-state index < -0.39 is 35.4 Å². The van der Waals surface area contributed by atoms with Crippen LogP contribution in [0.15, 0.2) is 48.5 Å². The van der Waals surface area contributed by atoms with Gasteiger partial charge in [-0.05, 0) is 76.6 Å². The van der Waals surface area contributed by atoms with E-state index in [9.17, 15) is 19.8 Å². The zero-order chi connectivity index (χ0) is 27.8. The fourth-order valence-corrected chi connectivity index (χ4v) is 5.39. The molecule has 0 fully saturated rings. The zero-order valence-corrected chi connectivity index (χ0v) is 23.4. The van der Waals surface area contributed by atoms with Crippen molar-refractivity contribution in [2.24, 2.45) is 0 Å². The van der Waals surface area contributed by atoms with Crippen molar-refractivity contribution in [1.29, 1.82) is 0 Å². The molecule has 8 nitrogen and oxygen atoms in total. The topological polar surface area (TPSA) is 105 Å². The summed E-state index contributed by atoms with van der Waals surface area (Å²) in [6, 6.07) is 13.8. The monoisotopic (exact) mass is 522 g/mol. The molecular formula is C30H42N4O4. The van der Waals surface area contributed by atoms with Crippen LogP contribution in [0.3, 0.4) is 0 Å². The summed E-state index contributed by atoms with van der Waals surface area (Å²) >= 11 is 0. The van der Waals surface area contributed by atoms with Crippen molar-refractivity contribution < 1.29 is 19.8 Å². The highest BCUT2D eigenvalue weighted by Crippen LogP contribution is 2.31. The van der Waals surface area contributed by atoms with Crippen LogP contribution >= 0.6 is 0 Å². The van der Waals surface area contributed by atoms with Gasteiger partial charge in [0.15, 0.2) is 0 Å². The van der Waals surface area contributed by atoms with Crippen LogP contribution in [-0.2, 0) is 25.9 Å². The summed E-state index contributed by atoms with van der Waals surface area (Å²) in [4.78, 5) is 30.0. The minimum Gasteiger partial charge on any atom is -0.388 e. The van der Waals surface area contributed by atoms with Gasteiger partial charge in [-0.3, -0.25) is 0 Å². The van der Waals surface area contributed by atoms with E-state index in [4.69, 9.17) is 0 Å². The minimum absolute atomic E-state index is 0.292. The molecule has 4 amide bonds. The third-order valence-corrected chi connectivity index (χ3v) is 7.20. The molecule has 8 heteroatoms. The molecule has 0 saturated heterocycles. The van der Waals surface area contributed by atoms with Gasteiger partial charge in [-0.25, -0.2) is 9.59 Å². The summed E-state index contributed by atoms with van der Waals surface area (Å²) in [6.45, 7) is 12.1. The normalized spacial score (nSPS) is 21.2. The third kappa shape index (κ3) is 6.30. The Hall–Kier alpha value is -3.10. The number of aliphatic hydroxyl groups is 2. The number of aliphatic hydroxyl groups excluding tert-OH is 2. The molecule has 0 radical (unpaired) electrons.